The lowest BCUT2D eigenvalue weighted by atomic mass is 9.85. The largest absolute Gasteiger partial charge is 0.382 e. The molecule has 8 heteroatoms. The van der Waals surface area contributed by atoms with E-state index < -0.39 is 0 Å². The van der Waals surface area contributed by atoms with Crippen molar-refractivity contribution in [1.82, 2.24) is 10.2 Å². The van der Waals surface area contributed by atoms with E-state index in [1.807, 2.05) is 18.2 Å². The Morgan fingerprint density at radius 3 is 2.81 bits per heavy atom. The summed E-state index contributed by atoms with van der Waals surface area (Å²) in [6.45, 7) is 7.51. The van der Waals surface area contributed by atoms with Gasteiger partial charge in [-0.25, -0.2) is 4.99 Å². The molecule has 0 radical (unpaired) electrons. The summed E-state index contributed by atoms with van der Waals surface area (Å²) in [5, 5.41) is 6.46. The van der Waals surface area contributed by atoms with Gasteiger partial charge in [0, 0.05) is 44.3 Å². The summed E-state index contributed by atoms with van der Waals surface area (Å²) in [5.41, 5.74) is 1.95. The van der Waals surface area contributed by atoms with Crippen LogP contribution in [0.4, 0.5) is 5.69 Å². The predicted octanol–water partition coefficient (Wildman–Crippen LogP) is 3.49. The Hall–Kier alpha value is -1.39. The van der Waals surface area contributed by atoms with Gasteiger partial charge in [-0.15, -0.1) is 24.0 Å². The lowest BCUT2D eigenvalue weighted by Gasteiger charge is -2.24. The van der Waals surface area contributed by atoms with Gasteiger partial charge in [-0.05, 0) is 43.9 Å². The van der Waals surface area contributed by atoms with Crippen molar-refractivity contribution in [2.75, 3.05) is 51.9 Å². The van der Waals surface area contributed by atoms with Crippen LogP contribution < -0.4 is 10.6 Å². The smallest absolute Gasteiger partial charge is 0.227 e. The van der Waals surface area contributed by atoms with Crippen LogP contribution in [-0.2, 0) is 20.8 Å². The molecule has 1 aromatic rings. The number of carbonyl (C=O) groups excluding carboxylic acids is 1. The van der Waals surface area contributed by atoms with Gasteiger partial charge in [0.05, 0.1) is 26.4 Å². The second kappa shape index (κ2) is 13.9. The molecule has 0 bridgehead atoms. The number of rotatable bonds is 10. The molecular formula is C23H37IN4O3. The monoisotopic (exact) mass is 544 g/mol. The molecule has 31 heavy (non-hydrogen) atoms. The molecule has 1 amide bonds. The molecule has 1 aliphatic carbocycles. The fourth-order valence-corrected chi connectivity index (χ4v) is 3.81. The lowest BCUT2D eigenvalue weighted by Crippen LogP contribution is -2.40. The second-order valence-corrected chi connectivity index (χ2v) is 8.16. The Morgan fingerprint density at radius 1 is 1.26 bits per heavy atom. The van der Waals surface area contributed by atoms with Crippen molar-refractivity contribution in [2.24, 2.45) is 16.8 Å². The van der Waals surface area contributed by atoms with Crippen molar-refractivity contribution in [3.63, 3.8) is 0 Å². The third-order valence-electron chi connectivity index (χ3n) is 5.79. The summed E-state index contributed by atoms with van der Waals surface area (Å²) < 4.78 is 10.7. The average Bonchev–Trinajstić information content (AvgIpc) is 3.16. The summed E-state index contributed by atoms with van der Waals surface area (Å²) in [4.78, 5) is 19.4. The molecule has 7 nitrogen and oxygen atoms in total. The molecule has 1 atom stereocenters. The van der Waals surface area contributed by atoms with Gasteiger partial charge in [0.2, 0.25) is 5.91 Å². The zero-order chi connectivity index (χ0) is 21.2. The summed E-state index contributed by atoms with van der Waals surface area (Å²) in [7, 11) is 1.69. The first kappa shape index (κ1) is 25.9. The van der Waals surface area contributed by atoms with Crippen LogP contribution >= 0.6 is 24.0 Å². The molecule has 1 unspecified atom stereocenters. The number of anilines is 1. The third-order valence-corrected chi connectivity index (χ3v) is 5.79. The van der Waals surface area contributed by atoms with Gasteiger partial charge < -0.3 is 25.0 Å². The Balaban J connectivity index is 0.00000341. The van der Waals surface area contributed by atoms with E-state index in [2.05, 4.69) is 28.5 Å². The Morgan fingerprint density at radius 2 is 2.10 bits per heavy atom. The molecule has 1 heterocycles. The van der Waals surface area contributed by atoms with E-state index in [1.54, 1.807) is 7.11 Å². The van der Waals surface area contributed by atoms with Crippen LogP contribution in [0.3, 0.4) is 0 Å². The van der Waals surface area contributed by atoms with Crippen LogP contribution in [0.25, 0.3) is 0 Å². The molecule has 0 aromatic heterocycles. The summed E-state index contributed by atoms with van der Waals surface area (Å²) in [5.74, 6) is 1.80. The minimum atomic E-state index is 0. The standard InChI is InChI=1S/C23H36N4O3.HI/c1-3-24-23(27-11-10-19(16-27)17-30-13-12-29-2)25-15-18-6-4-9-21(14-18)26-22(28)20-7-5-8-20;/h4,6,9,14,19-20H,3,5,7-8,10-13,15-17H2,1-2H3,(H,24,25)(H,26,28);1H. The van der Waals surface area contributed by atoms with Crippen molar-refractivity contribution >= 4 is 41.5 Å². The molecule has 2 aliphatic rings. The number of guanidine groups is 1. The molecule has 3 rings (SSSR count). The number of hydrogen-bond donors (Lipinski definition) is 2. The lowest BCUT2D eigenvalue weighted by molar-refractivity contribution is -0.122. The van der Waals surface area contributed by atoms with E-state index in [0.29, 0.717) is 25.7 Å². The van der Waals surface area contributed by atoms with Crippen LogP contribution in [0.2, 0.25) is 0 Å². The van der Waals surface area contributed by atoms with Crippen LogP contribution in [0, 0.1) is 11.8 Å². The van der Waals surface area contributed by atoms with E-state index in [-0.39, 0.29) is 35.8 Å². The number of methoxy groups -OCH3 is 1. The van der Waals surface area contributed by atoms with Gasteiger partial charge in [0.1, 0.15) is 0 Å². The fraction of sp³-hybridized carbons (Fsp3) is 0.652. The van der Waals surface area contributed by atoms with Gasteiger partial charge in [0.25, 0.3) is 0 Å². The number of ether oxygens (including phenoxy) is 2. The van der Waals surface area contributed by atoms with Gasteiger partial charge in [-0.2, -0.15) is 0 Å². The van der Waals surface area contributed by atoms with Crippen LogP contribution in [0.15, 0.2) is 29.3 Å². The van der Waals surface area contributed by atoms with Crippen molar-refractivity contribution in [2.45, 2.75) is 39.2 Å². The van der Waals surface area contributed by atoms with E-state index in [1.165, 1.54) is 0 Å². The number of nitrogens with zero attached hydrogens (tertiary/aromatic N) is 2. The predicted molar refractivity (Wildman–Crippen MR) is 135 cm³/mol. The third kappa shape index (κ3) is 8.23. The maximum atomic E-state index is 12.2. The summed E-state index contributed by atoms with van der Waals surface area (Å²) in [6, 6.07) is 8.02. The highest BCUT2D eigenvalue weighted by molar-refractivity contribution is 14.0. The van der Waals surface area contributed by atoms with Gasteiger partial charge in [-0.1, -0.05) is 18.6 Å². The van der Waals surface area contributed by atoms with Crippen molar-refractivity contribution < 1.29 is 14.3 Å². The summed E-state index contributed by atoms with van der Waals surface area (Å²) >= 11 is 0. The topological polar surface area (TPSA) is 75.2 Å². The Kier molecular flexibility index (Phi) is 11.6. The number of nitrogens with one attached hydrogen (secondary N) is 2. The molecule has 1 aromatic carbocycles. The second-order valence-electron chi connectivity index (χ2n) is 8.16. The first-order valence-corrected chi connectivity index (χ1v) is 11.2. The number of halogens is 1. The van der Waals surface area contributed by atoms with Crippen LogP contribution in [0.1, 0.15) is 38.2 Å². The molecule has 174 valence electrons. The molecule has 1 aliphatic heterocycles. The SMILES string of the molecule is CCNC(=NCc1cccc(NC(=O)C2CCC2)c1)N1CCC(COCCOC)C1.I. The molecule has 2 N–H and O–H groups in total. The summed E-state index contributed by atoms with van der Waals surface area (Å²) in [6.07, 6.45) is 4.29. The average molecular weight is 544 g/mol. The molecule has 0 spiro atoms. The number of carbonyl (C=O) groups is 1. The highest BCUT2D eigenvalue weighted by Crippen LogP contribution is 2.27. The first-order valence-electron chi connectivity index (χ1n) is 11.2. The van der Waals surface area contributed by atoms with Crippen molar-refractivity contribution in [3.05, 3.63) is 29.8 Å². The molecular weight excluding hydrogens is 507 g/mol. The fourth-order valence-electron chi connectivity index (χ4n) is 3.81. The number of benzene rings is 1. The zero-order valence-corrected chi connectivity index (χ0v) is 21.1. The van der Waals surface area contributed by atoms with Crippen molar-refractivity contribution in [1.29, 1.82) is 0 Å². The minimum absolute atomic E-state index is 0. The Bertz CT molecular complexity index is 712. The minimum Gasteiger partial charge on any atom is -0.382 e. The van der Waals surface area contributed by atoms with Gasteiger partial charge >= 0.3 is 0 Å². The van der Waals surface area contributed by atoms with Crippen molar-refractivity contribution in [3.8, 4) is 0 Å². The van der Waals surface area contributed by atoms with Crippen LogP contribution in [0.5, 0.6) is 0 Å². The zero-order valence-electron chi connectivity index (χ0n) is 18.8. The maximum absolute atomic E-state index is 12.2. The van der Waals surface area contributed by atoms with Crippen LogP contribution in [-0.4, -0.2) is 63.3 Å². The van der Waals surface area contributed by atoms with Gasteiger partial charge in [0.15, 0.2) is 5.96 Å². The Labute approximate surface area is 203 Å². The quantitative estimate of drug-likeness (QED) is 0.204. The van der Waals surface area contributed by atoms with E-state index >= 15 is 0 Å². The highest BCUT2D eigenvalue weighted by atomic mass is 127. The molecule has 2 fully saturated rings. The van der Waals surface area contributed by atoms with E-state index in [0.717, 1.165) is 69.1 Å². The first-order chi connectivity index (χ1) is 14.7. The normalized spacial score (nSPS) is 19.0. The molecule has 1 saturated heterocycles. The van der Waals surface area contributed by atoms with E-state index in [4.69, 9.17) is 14.5 Å². The number of aliphatic imine (C=N–C) groups is 1. The van der Waals surface area contributed by atoms with E-state index in [9.17, 15) is 4.79 Å². The maximum Gasteiger partial charge on any atom is 0.227 e. The molecule has 1 saturated carbocycles. The number of hydrogen-bond acceptors (Lipinski definition) is 4. The number of amides is 1. The highest BCUT2D eigenvalue weighted by Gasteiger charge is 2.26. The number of likely N-dealkylation sites (tertiary alicyclic amines) is 1. The van der Waals surface area contributed by atoms with Gasteiger partial charge in [-0.3, -0.25) is 4.79 Å².